The van der Waals surface area contributed by atoms with Crippen molar-refractivity contribution in [2.45, 2.75) is 6.42 Å². The van der Waals surface area contributed by atoms with Gasteiger partial charge in [0.2, 0.25) is 0 Å². The van der Waals surface area contributed by atoms with E-state index in [1.807, 2.05) is 6.07 Å². The van der Waals surface area contributed by atoms with Crippen LogP contribution in [0, 0.1) is 0 Å². The second-order valence-corrected chi connectivity index (χ2v) is 3.46. The molecule has 0 aromatic heterocycles. The summed E-state index contributed by atoms with van der Waals surface area (Å²) in [5.74, 6) is 0.992. The minimum absolute atomic E-state index is 0.969. The first-order valence-electron chi connectivity index (χ1n) is 4.77. The van der Waals surface area contributed by atoms with Gasteiger partial charge in [-0.1, -0.05) is 30.3 Å². The molecule has 1 heteroatoms. The van der Waals surface area contributed by atoms with E-state index in [2.05, 4.69) is 36.4 Å². The van der Waals surface area contributed by atoms with Crippen molar-refractivity contribution in [3.8, 4) is 5.75 Å². The van der Waals surface area contributed by atoms with Crippen molar-refractivity contribution in [2.75, 3.05) is 0 Å². The van der Waals surface area contributed by atoms with Gasteiger partial charge in [-0.15, -0.1) is 0 Å². The summed E-state index contributed by atoms with van der Waals surface area (Å²) in [5.41, 5.74) is 1.30. The zero-order chi connectivity index (χ0) is 9.38. The van der Waals surface area contributed by atoms with Gasteiger partial charge in [0, 0.05) is 5.56 Å². The molecule has 0 saturated carbocycles. The molecule has 2 aromatic rings. The maximum absolute atomic E-state index is 5.45. The molecular weight excluding hydrogens is 172 g/mol. The minimum atomic E-state index is 0.969. The SMILES string of the molecule is C1=COc2ccc3ccccc3c2C1. The highest BCUT2D eigenvalue weighted by Crippen LogP contribution is 2.30. The van der Waals surface area contributed by atoms with Crippen LogP contribution < -0.4 is 4.74 Å². The third kappa shape index (κ3) is 1.02. The van der Waals surface area contributed by atoms with Crippen LogP contribution in [0.4, 0.5) is 0 Å². The van der Waals surface area contributed by atoms with Crippen molar-refractivity contribution < 1.29 is 4.74 Å². The van der Waals surface area contributed by atoms with Gasteiger partial charge in [-0.25, -0.2) is 0 Å². The van der Waals surface area contributed by atoms with E-state index in [0.717, 1.165) is 12.2 Å². The van der Waals surface area contributed by atoms with Gasteiger partial charge < -0.3 is 4.74 Å². The van der Waals surface area contributed by atoms with Crippen LogP contribution in [0.3, 0.4) is 0 Å². The van der Waals surface area contributed by atoms with Crippen molar-refractivity contribution in [2.24, 2.45) is 0 Å². The summed E-state index contributed by atoms with van der Waals surface area (Å²) < 4.78 is 5.45. The Hall–Kier alpha value is -1.76. The molecule has 0 atom stereocenters. The van der Waals surface area contributed by atoms with E-state index >= 15 is 0 Å². The van der Waals surface area contributed by atoms with E-state index in [-0.39, 0.29) is 0 Å². The van der Waals surface area contributed by atoms with Gasteiger partial charge in [-0.2, -0.15) is 0 Å². The molecule has 0 spiro atoms. The maximum Gasteiger partial charge on any atom is 0.130 e. The minimum Gasteiger partial charge on any atom is -0.465 e. The first-order valence-corrected chi connectivity index (χ1v) is 4.77. The Morgan fingerprint density at radius 3 is 2.93 bits per heavy atom. The lowest BCUT2D eigenvalue weighted by Crippen LogP contribution is -1.96. The summed E-state index contributed by atoms with van der Waals surface area (Å²) in [5, 5.41) is 2.58. The van der Waals surface area contributed by atoms with Gasteiger partial charge in [0.25, 0.3) is 0 Å². The quantitative estimate of drug-likeness (QED) is 0.607. The third-order valence-corrected chi connectivity index (χ3v) is 2.61. The van der Waals surface area contributed by atoms with E-state index < -0.39 is 0 Å². The van der Waals surface area contributed by atoms with E-state index in [1.54, 1.807) is 6.26 Å². The lowest BCUT2D eigenvalue weighted by molar-refractivity contribution is 0.466. The Morgan fingerprint density at radius 2 is 1.93 bits per heavy atom. The fraction of sp³-hybridized carbons (Fsp3) is 0.0769. The fourth-order valence-electron chi connectivity index (χ4n) is 1.92. The molecule has 14 heavy (non-hydrogen) atoms. The molecule has 0 saturated heterocycles. The van der Waals surface area contributed by atoms with Gasteiger partial charge in [-0.3, -0.25) is 0 Å². The van der Waals surface area contributed by atoms with Gasteiger partial charge >= 0.3 is 0 Å². The summed E-state index contributed by atoms with van der Waals surface area (Å²) in [4.78, 5) is 0. The van der Waals surface area contributed by atoms with Crippen molar-refractivity contribution in [3.63, 3.8) is 0 Å². The number of benzene rings is 2. The zero-order valence-corrected chi connectivity index (χ0v) is 7.73. The summed E-state index contributed by atoms with van der Waals surface area (Å²) in [7, 11) is 0. The molecule has 0 radical (unpaired) electrons. The van der Waals surface area contributed by atoms with Crippen LogP contribution in [0.15, 0.2) is 48.7 Å². The molecule has 0 N–H and O–H groups in total. The topological polar surface area (TPSA) is 9.23 Å². The molecule has 0 amide bonds. The zero-order valence-electron chi connectivity index (χ0n) is 7.73. The number of fused-ring (bicyclic) bond motifs is 3. The standard InChI is InChI=1S/C13H10O/c1-2-5-11-10(4-1)7-8-13-12(11)6-3-9-14-13/h1-5,7-9H,6H2. The Bertz CT molecular complexity index is 512. The summed E-state index contributed by atoms with van der Waals surface area (Å²) >= 11 is 0. The molecule has 0 fully saturated rings. The Kier molecular flexibility index (Phi) is 1.57. The largest absolute Gasteiger partial charge is 0.465 e. The van der Waals surface area contributed by atoms with Crippen LogP contribution in [-0.4, -0.2) is 0 Å². The molecule has 0 aliphatic carbocycles. The van der Waals surface area contributed by atoms with Crippen LogP contribution in [0.1, 0.15) is 5.56 Å². The molecule has 0 bridgehead atoms. The van der Waals surface area contributed by atoms with Crippen molar-refractivity contribution in [1.29, 1.82) is 0 Å². The van der Waals surface area contributed by atoms with Gasteiger partial charge in [0.1, 0.15) is 5.75 Å². The van der Waals surface area contributed by atoms with E-state index in [4.69, 9.17) is 4.74 Å². The van der Waals surface area contributed by atoms with E-state index in [1.165, 1.54) is 16.3 Å². The van der Waals surface area contributed by atoms with Crippen molar-refractivity contribution >= 4 is 10.8 Å². The van der Waals surface area contributed by atoms with Crippen LogP contribution in [-0.2, 0) is 6.42 Å². The highest BCUT2D eigenvalue weighted by molar-refractivity contribution is 5.88. The molecule has 1 heterocycles. The second-order valence-electron chi connectivity index (χ2n) is 3.46. The molecule has 2 aromatic carbocycles. The van der Waals surface area contributed by atoms with Crippen LogP contribution in [0.2, 0.25) is 0 Å². The summed E-state index contributed by atoms with van der Waals surface area (Å²) in [6.07, 6.45) is 4.78. The average Bonchev–Trinajstić information content (AvgIpc) is 2.29. The molecule has 0 unspecified atom stereocenters. The normalized spacial score (nSPS) is 13.7. The highest BCUT2D eigenvalue weighted by atomic mass is 16.5. The molecule has 68 valence electrons. The second kappa shape index (κ2) is 2.88. The van der Waals surface area contributed by atoms with Crippen LogP contribution in [0.5, 0.6) is 5.75 Å². The van der Waals surface area contributed by atoms with Crippen LogP contribution in [0.25, 0.3) is 10.8 Å². The van der Waals surface area contributed by atoms with Gasteiger partial charge in [-0.05, 0) is 29.3 Å². The van der Waals surface area contributed by atoms with Gasteiger partial charge in [0.05, 0.1) is 6.26 Å². The Morgan fingerprint density at radius 1 is 1.00 bits per heavy atom. The number of rotatable bonds is 0. The van der Waals surface area contributed by atoms with Crippen molar-refractivity contribution in [3.05, 3.63) is 54.3 Å². The lowest BCUT2D eigenvalue weighted by Gasteiger charge is -2.13. The predicted octanol–water partition coefficient (Wildman–Crippen LogP) is 3.29. The predicted molar refractivity (Wildman–Crippen MR) is 57.4 cm³/mol. The monoisotopic (exact) mass is 182 g/mol. The molecule has 1 aliphatic heterocycles. The number of ether oxygens (including phenoxy) is 1. The highest BCUT2D eigenvalue weighted by Gasteiger charge is 2.09. The fourth-order valence-corrected chi connectivity index (χ4v) is 1.92. The van der Waals surface area contributed by atoms with Crippen molar-refractivity contribution in [1.82, 2.24) is 0 Å². The van der Waals surface area contributed by atoms with E-state index in [9.17, 15) is 0 Å². The molecule has 1 aliphatic rings. The maximum atomic E-state index is 5.45. The summed E-state index contributed by atoms with van der Waals surface area (Å²) in [6, 6.07) is 12.6. The number of hydrogen-bond acceptors (Lipinski definition) is 1. The van der Waals surface area contributed by atoms with E-state index in [0.29, 0.717) is 0 Å². The van der Waals surface area contributed by atoms with Gasteiger partial charge in [0.15, 0.2) is 0 Å². The average molecular weight is 182 g/mol. The number of allylic oxidation sites excluding steroid dienone is 1. The Balaban J connectivity index is 2.37. The molecule has 3 rings (SSSR count). The first-order chi connectivity index (χ1) is 6.95. The smallest absolute Gasteiger partial charge is 0.130 e. The number of hydrogen-bond donors (Lipinski definition) is 0. The van der Waals surface area contributed by atoms with Crippen LogP contribution >= 0.6 is 0 Å². The third-order valence-electron chi connectivity index (χ3n) is 2.61. The lowest BCUT2D eigenvalue weighted by atomic mass is 10.0. The summed E-state index contributed by atoms with van der Waals surface area (Å²) in [6.45, 7) is 0. The Labute approximate surface area is 82.6 Å². The first kappa shape index (κ1) is 7.63. The molecular formula is C13H10O. The molecule has 1 nitrogen and oxygen atoms in total.